The minimum absolute atomic E-state index is 1.11. The number of hydrogen-bond acceptors (Lipinski definition) is 2. The number of rotatable bonds is 4. The molecule has 0 aliphatic carbocycles. The molecule has 0 bridgehead atoms. The topological polar surface area (TPSA) is 15.3 Å². The molecule has 1 fully saturated rings. The summed E-state index contributed by atoms with van der Waals surface area (Å²) in [6.07, 6.45) is 3.71. The van der Waals surface area contributed by atoms with E-state index >= 15 is 0 Å². The summed E-state index contributed by atoms with van der Waals surface area (Å²) in [5, 5.41) is 3.45. The quantitative estimate of drug-likeness (QED) is 0.858. The molecule has 17 heavy (non-hydrogen) atoms. The largest absolute Gasteiger partial charge is 0.315 e. The van der Waals surface area contributed by atoms with Gasteiger partial charge in [-0.25, -0.2) is 0 Å². The number of nitrogens with zero attached hydrogens (tertiary/aromatic N) is 1. The van der Waals surface area contributed by atoms with Gasteiger partial charge in [-0.15, -0.1) is 0 Å². The summed E-state index contributed by atoms with van der Waals surface area (Å²) in [7, 11) is 0. The van der Waals surface area contributed by atoms with Crippen LogP contribution in [0.15, 0.2) is 24.3 Å². The van der Waals surface area contributed by atoms with Crippen molar-refractivity contribution in [3.8, 4) is 0 Å². The van der Waals surface area contributed by atoms with Crippen LogP contribution >= 0.6 is 0 Å². The van der Waals surface area contributed by atoms with E-state index in [0.717, 1.165) is 13.1 Å². The van der Waals surface area contributed by atoms with Crippen molar-refractivity contribution in [1.29, 1.82) is 0 Å². The highest BCUT2D eigenvalue weighted by Crippen LogP contribution is 2.10. The van der Waals surface area contributed by atoms with Gasteiger partial charge in [0, 0.05) is 19.6 Å². The first kappa shape index (κ1) is 12.6. The van der Waals surface area contributed by atoms with Crippen molar-refractivity contribution in [3.05, 3.63) is 35.4 Å². The zero-order valence-corrected chi connectivity index (χ0v) is 10.9. The van der Waals surface area contributed by atoms with Crippen molar-refractivity contribution >= 4 is 0 Å². The molecule has 1 N–H and O–H groups in total. The van der Waals surface area contributed by atoms with Gasteiger partial charge in [-0.1, -0.05) is 37.6 Å². The first-order valence-electron chi connectivity index (χ1n) is 6.89. The third-order valence-electron chi connectivity index (χ3n) is 3.40. The average molecular weight is 232 g/mol. The summed E-state index contributed by atoms with van der Waals surface area (Å²) in [4.78, 5) is 2.55. The molecule has 1 aromatic rings. The second-order valence-electron chi connectivity index (χ2n) is 4.95. The van der Waals surface area contributed by atoms with Crippen LogP contribution in [0, 0.1) is 0 Å². The number of nitrogens with one attached hydrogen (secondary N) is 1. The molecule has 0 aromatic heterocycles. The predicted octanol–water partition coefficient (Wildman–Crippen LogP) is 2.43. The van der Waals surface area contributed by atoms with E-state index in [9.17, 15) is 0 Å². The molecule has 1 heterocycles. The van der Waals surface area contributed by atoms with Crippen LogP contribution in [-0.4, -0.2) is 31.1 Å². The Hall–Kier alpha value is -0.860. The van der Waals surface area contributed by atoms with Crippen LogP contribution in [0.2, 0.25) is 0 Å². The standard InChI is InChI=1S/C15H24N2/c1-2-4-14-5-7-15(8-6-14)13-17-11-3-9-16-10-12-17/h5-8,16H,2-4,9-13H2,1H3. The molecule has 2 nitrogen and oxygen atoms in total. The number of hydrogen-bond donors (Lipinski definition) is 1. The number of benzene rings is 1. The summed E-state index contributed by atoms with van der Waals surface area (Å²) in [5.41, 5.74) is 2.92. The van der Waals surface area contributed by atoms with Crippen LogP contribution in [0.3, 0.4) is 0 Å². The van der Waals surface area contributed by atoms with Gasteiger partial charge in [-0.2, -0.15) is 0 Å². The van der Waals surface area contributed by atoms with Crippen molar-refractivity contribution < 1.29 is 0 Å². The van der Waals surface area contributed by atoms with Crippen molar-refractivity contribution in [1.82, 2.24) is 10.2 Å². The summed E-state index contributed by atoms with van der Waals surface area (Å²) in [6.45, 7) is 8.05. The van der Waals surface area contributed by atoms with Gasteiger partial charge in [0.15, 0.2) is 0 Å². The minimum Gasteiger partial charge on any atom is -0.315 e. The molecule has 1 saturated heterocycles. The molecule has 0 spiro atoms. The van der Waals surface area contributed by atoms with Crippen LogP contribution in [0.1, 0.15) is 30.9 Å². The smallest absolute Gasteiger partial charge is 0.0234 e. The molecule has 1 aromatic carbocycles. The Morgan fingerprint density at radius 3 is 2.59 bits per heavy atom. The monoisotopic (exact) mass is 232 g/mol. The Morgan fingerprint density at radius 2 is 1.82 bits per heavy atom. The fourth-order valence-electron chi connectivity index (χ4n) is 2.42. The van der Waals surface area contributed by atoms with Gasteiger partial charge in [-0.05, 0) is 37.1 Å². The van der Waals surface area contributed by atoms with E-state index in [0.29, 0.717) is 0 Å². The number of aryl methyl sites for hydroxylation is 1. The van der Waals surface area contributed by atoms with Crippen molar-refractivity contribution in [2.24, 2.45) is 0 Å². The molecule has 0 radical (unpaired) electrons. The van der Waals surface area contributed by atoms with Crippen LogP contribution in [0.4, 0.5) is 0 Å². The van der Waals surface area contributed by atoms with Crippen LogP contribution < -0.4 is 5.32 Å². The van der Waals surface area contributed by atoms with Gasteiger partial charge in [0.25, 0.3) is 0 Å². The maximum Gasteiger partial charge on any atom is 0.0234 e. The summed E-state index contributed by atoms with van der Waals surface area (Å²) in [5.74, 6) is 0. The third kappa shape index (κ3) is 4.14. The highest BCUT2D eigenvalue weighted by Gasteiger charge is 2.08. The molecular weight excluding hydrogens is 208 g/mol. The van der Waals surface area contributed by atoms with E-state index in [4.69, 9.17) is 0 Å². The van der Waals surface area contributed by atoms with Gasteiger partial charge in [0.05, 0.1) is 0 Å². The maximum absolute atomic E-state index is 3.45. The fourth-order valence-corrected chi connectivity index (χ4v) is 2.42. The Balaban J connectivity index is 1.88. The minimum atomic E-state index is 1.11. The molecule has 2 heteroatoms. The molecule has 0 atom stereocenters. The maximum atomic E-state index is 3.45. The second-order valence-corrected chi connectivity index (χ2v) is 4.95. The Labute approximate surface area is 105 Å². The molecule has 0 unspecified atom stereocenters. The second kappa shape index (κ2) is 6.77. The lowest BCUT2D eigenvalue weighted by molar-refractivity contribution is 0.284. The molecule has 0 amide bonds. The lowest BCUT2D eigenvalue weighted by Crippen LogP contribution is -2.27. The van der Waals surface area contributed by atoms with Crippen LogP contribution in [-0.2, 0) is 13.0 Å². The van der Waals surface area contributed by atoms with E-state index in [1.807, 2.05) is 0 Å². The summed E-state index contributed by atoms with van der Waals surface area (Å²) >= 11 is 0. The van der Waals surface area contributed by atoms with Gasteiger partial charge in [0.2, 0.25) is 0 Å². The van der Waals surface area contributed by atoms with E-state index in [1.165, 1.54) is 50.0 Å². The highest BCUT2D eigenvalue weighted by molar-refractivity contribution is 5.22. The zero-order valence-electron chi connectivity index (χ0n) is 10.9. The molecule has 0 saturated carbocycles. The Morgan fingerprint density at radius 1 is 1.06 bits per heavy atom. The van der Waals surface area contributed by atoms with Gasteiger partial charge >= 0.3 is 0 Å². The lowest BCUT2D eigenvalue weighted by atomic mass is 10.1. The van der Waals surface area contributed by atoms with Gasteiger partial charge < -0.3 is 5.32 Å². The van der Waals surface area contributed by atoms with Gasteiger partial charge in [-0.3, -0.25) is 4.90 Å². The molecule has 2 rings (SSSR count). The van der Waals surface area contributed by atoms with E-state index in [1.54, 1.807) is 0 Å². The Kier molecular flexibility index (Phi) is 5.02. The van der Waals surface area contributed by atoms with Crippen molar-refractivity contribution in [2.45, 2.75) is 32.7 Å². The van der Waals surface area contributed by atoms with Crippen LogP contribution in [0.25, 0.3) is 0 Å². The SMILES string of the molecule is CCCc1ccc(CN2CCCNCC2)cc1. The van der Waals surface area contributed by atoms with E-state index in [2.05, 4.69) is 41.4 Å². The first-order chi connectivity index (χ1) is 8.38. The zero-order chi connectivity index (χ0) is 11.9. The first-order valence-corrected chi connectivity index (χ1v) is 6.89. The average Bonchev–Trinajstić information content (AvgIpc) is 2.61. The summed E-state index contributed by atoms with van der Waals surface area (Å²) in [6, 6.07) is 9.16. The predicted molar refractivity (Wildman–Crippen MR) is 73.2 cm³/mol. The van der Waals surface area contributed by atoms with Crippen molar-refractivity contribution in [2.75, 3.05) is 26.2 Å². The molecule has 1 aliphatic rings. The van der Waals surface area contributed by atoms with Crippen LogP contribution in [0.5, 0.6) is 0 Å². The lowest BCUT2D eigenvalue weighted by Gasteiger charge is -2.19. The molecular formula is C15H24N2. The van der Waals surface area contributed by atoms with Gasteiger partial charge in [0.1, 0.15) is 0 Å². The van der Waals surface area contributed by atoms with Crippen molar-refractivity contribution in [3.63, 3.8) is 0 Å². The molecule has 94 valence electrons. The highest BCUT2D eigenvalue weighted by atomic mass is 15.1. The van der Waals surface area contributed by atoms with E-state index < -0.39 is 0 Å². The third-order valence-corrected chi connectivity index (χ3v) is 3.40. The molecule has 1 aliphatic heterocycles. The normalized spacial score (nSPS) is 17.9. The fraction of sp³-hybridized carbons (Fsp3) is 0.600. The van der Waals surface area contributed by atoms with E-state index in [-0.39, 0.29) is 0 Å². The summed E-state index contributed by atoms with van der Waals surface area (Å²) < 4.78 is 0. The Bertz CT molecular complexity index is 310.